The smallest absolute Gasteiger partial charge is 0.270 e. The van der Waals surface area contributed by atoms with E-state index in [-0.39, 0.29) is 5.91 Å². The van der Waals surface area contributed by atoms with Gasteiger partial charge in [0.1, 0.15) is 5.69 Å². The normalized spacial score (nSPS) is 18.6. The molecule has 1 aromatic heterocycles. The quantitative estimate of drug-likeness (QED) is 0.871. The molecule has 0 radical (unpaired) electrons. The first-order chi connectivity index (χ1) is 8.50. The van der Waals surface area contributed by atoms with Crippen LogP contribution in [0, 0.1) is 0 Å². The van der Waals surface area contributed by atoms with Crippen molar-refractivity contribution in [2.24, 2.45) is 0 Å². The third-order valence-electron chi connectivity index (χ3n) is 3.18. The molecule has 18 heavy (non-hydrogen) atoms. The molecule has 2 N–H and O–H groups in total. The van der Waals surface area contributed by atoms with Crippen LogP contribution in [-0.2, 0) is 4.74 Å². The van der Waals surface area contributed by atoms with Gasteiger partial charge in [0.2, 0.25) is 0 Å². The highest BCUT2D eigenvalue weighted by atomic mass is 35.5. The summed E-state index contributed by atoms with van der Waals surface area (Å²) in [7, 11) is 1.67. The fourth-order valence-corrected chi connectivity index (χ4v) is 2.28. The highest BCUT2D eigenvalue weighted by molar-refractivity contribution is 6.30. The fraction of sp³-hybridized carbons (Fsp3) is 0.583. The summed E-state index contributed by atoms with van der Waals surface area (Å²) < 4.78 is 5.21. The number of H-pyrrole nitrogens is 1. The average molecular weight is 273 g/mol. The first-order valence-electron chi connectivity index (χ1n) is 5.90. The van der Waals surface area contributed by atoms with Crippen LogP contribution in [0.4, 0.5) is 0 Å². The van der Waals surface area contributed by atoms with E-state index in [1.165, 1.54) is 4.90 Å². The van der Waals surface area contributed by atoms with Crippen molar-refractivity contribution in [1.82, 2.24) is 9.88 Å². The van der Waals surface area contributed by atoms with E-state index in [0.29, 0.717) is 43.3 Å². The van der Waals surface area contributed by atoms with Crippen molar-refractivity contribution in [1.29, 1.82) is 0 Å². The van der Waals surface area contributed by atoms with Crippen LogP contribution in [0.15, 0.2) is 12.3 Å². The third-order valence-corrected chi connectivity index (χ3v) is 3.40. The molecule has 1 amide bonds. The zero-order chi connectivity index (χ0) is 13.2. The molecule has 0 bridgehead atoms. The van der Waals surface area contributed by atoms with Gasteiger partial charge in [0, 0.05) is 45.8 Å². The Kier molecular flexibility index (Phi) is 3.94. The van der Waals surface area contributed by atoms with Crippen LogP contribution in [0.25, 0.3) is 0 Å². The lowest BCUT2D eigenvalue weighted by Gasteiger charge is -2.35. The number of likely N-dealkylation sites (N-methyl/N-ethyl adjacent to an activating group) is 1. The molecule has 0 atom stereocenters. The number of aromatic nitrogens is 1. The summed E-state index contributed by atoms with van der Waals surface area (Å²) in [6.07, 6.45) is 2.66. The number of amides is 1. The molecule has 1 aliphatic heterocycles. The molecule has 6 heteroatoms. The summed E-state index contributed by atoms with van der Waals surface area (Å²) in [4.78, 5) is 16.4. The minimum absolute atomic E-state index is 0.179. The number of carbonyl (C=O) groups is 1. The first kappa shape index (κ1) is 13.4. The summed E-state index contributed by atoms with van der Waals surface area (Å²) in [6, 6.07) is 1.58. The molecule has 1 fully saturated rings. The summed E-state index contributed by atoms with van der Waals surface area (Å²) in [5.74, 6) is -0.179. The Bertz CT molecular complexity index is 427. The Labute approximate surface area is 111 Å². The van der Waals surface area contributed by atoms with Crippen molar-refractivity contribution in [3.8, 4) is 0 Å². The zero-order valence-corrected chi connectivity index (χ0v) is 11.0. The van der Waals surface area contributed by atoms with E-state index in [1.54, 1.807) is 19.3 Å². The number of aliphatic hydroxyl groups is 1. The number of hydrogen-bond acceptors (Lipinski definition) is 3. The molecule has 2 rings (SSSR count). The Hall–Kier alpha value is -1.04. The zero-order valence-electron chi connectivity index (χ0n) is 10.3. The number of aromatic amines is 1. The van der Waals surface area contributed by atoms with Crippen LogP contribution in [0.5, 0.6) is 0 Å². The lowest BCUT2D eigenvalue weighted by molar-refractivity contribution is -0.0734. The van der Waals surface area contributed by atoms with Gasteiger partial charge in [-0.2, -0.15) is 0 Å². The molecule has 0 saturated carbocycles. The number of rotatable bonds is 3. The highest BCUT2D eigenvalue weighted by Crippen LogP contribution is 2.22. The monoisotopic (exact) mass is 272 g/mol. The maximum absolute atomic E-state index is 12.1. The number of hydrogen-bond donors (Lipinski definition) is 2. The number of carbonyl (C=O) groups excluding carboxylic acids is 1. The van der Waals surface area contributed by atoms with E-state index in [1.807, 2.05) is 0 Å². The van der Waals surface area contributed by atoms with Gasteiger partial charge in [-0.25, -0.2) is 0 Å². The molecule has 0 unspecified atom stereocenters. The molecular formula is C12H17ClN2O3. The van der Waals surface area contributed by atoms with Gasteiger partial charge in [0.15, 0.2) is 0 Å². The van der Waals surface area contributed by atoms with Gasteiger partial charge in [0.25, 0.3) is 5.91 Å². The molecule has 0 aromatic carbocycles. The predicted octanol–water partition coefficient (Wildman–Crippen LogP) is 1.28. The van der Waals surface area contributed by atoms with E-state index in [4.69, 9.17) is 16.3 Å². The molecule has 1 saturated heterocycles. The van der Waals surface area contributed by atoms with Crippen molar-refractivity contribution in [2.75, 3.05) is 26.8 Å². The Morgan fingerprint density at radius 3 is 2.83 bits per heavy atom. The number of ether oxygens (including phenoxy) is 1. The number of nitrogens with zero attached hydrogens (tertiary/aromatic N) is 1. The van der Waals surface area contributed by atoms with E-state index in [9.17, 15) is 9.90 Å². The molecule has 100 valence electrons. The second-order valence-corrected chi connectivity index (χ2v) is 5.17. The minimum atomic E-state index is -0.848. The maximum atomic E-state index is 12.1. The third kappa shape index (κ3) is 3.04. The van der Waals surface area contributed by atoms with Crippen LogP contribution < -0.4 is 0 Å². The van der Waals surface area contributed by atoms with Crippen LogP contribution in [0.3, 0.4) is 0 Å². The maximum Gasteiger partial charge on any atom is 0.270 e. The van der Waals surface area contributed by atoms with Gasteiger partial charge in [-0.3, -0.25) is 4.79 Å². The van der Waals surface area contributed by atoms with Crippen LogP contribution in [-0.4, -0.2) is 53.3 Å². The predicted molar refractivity (Wildman–Crippen MR) is 67.8 cm³/mol. The van der Waals surface area contributed by atoms with E-state index < -0.39 is 5.60 Å². The summed E-state index contributed by atoms with van der Waals surface area (Å²) in [6.45, 7) is 1.37. The minimum Gasteiger partial charge on any atom is -0.388 e. The molecular weight excluding hydrogens is 256 g/mol. The second kappa shape index (κ2) is 5.30. The largest absolute Gasteiger partial charge is 0.388 e. The highest BCUT2D eigenvalue weighted by Gasteiger charge is 2.32. The molecule has 0 spiro atoms. The van der Waals surface area contributed by atoms with E-state index >= 15 is 0 Å². The average Bonchev–Trinajstić information content (AvgIpc) is 2.75. The number of halogens is 1. The molecule has 2 heterocycles. The Balaban J connectivity index is 1.98. The van der Waals surface area contributed by atoms with Crippen LogP contribution in [0.2, 0.25) is 5.02 Å². The van der Waals surface area contributed by atoms with Crippen molar-refractivity contribution in [2.45, 2.75) is 18.4 Å². The van der Waals surface area contributed by atoms with Gasteiger partial charge >= 0.3 is 0 Å². The summed E-state index contributed by atoms with van der Waals surface area (Å²) in [5, 5.41) is 10.8. The Morgan fingerprint density at radius 1 is 1.61 bits per heavy atom. The first-order valence-corrected chi connectivity index (χ1v) is 6.27. The molecule has 0 aliphatic carbocycles. The topological polar surface area (TPSA) is 65.6 Å². The van der Waals surface area contributed by atoms with Crippen molar-refractivity contribution < 1.29 is 14.6 Å². The van der Waals surface area contributed by atoms with Gasteiger partial charge in [0.05, 0.1) is 10.6 Å². The van der Waals surface area contributed by atoms with E-state index in [0.717, 1.165) is 0 Å². The molecule has 5 nitrogen and oxygen atoms in total. The summed E-state index contributed by atoms with van der Waals surface area (Å²) >= 11 is 5.76. The van der Waals surface area contributed by atoms with Gasteiger partial charge < -0.3 is 19.7 Å². The second-order valence-electron chi connectivity index (χ2n) is 4.73. The van der Waals surface area contributed by atoms with Gasteiger partial charge in [-0.15, -0.1) is 0 Å². The van der Waals surface area contributed by atoms with Crippen molar-refractivity contribution >= 4 is 17.5 Å². The Morgan fingerprint density at radius 2 is 2.28 bits per heavy atom. The fourth-order valence-electron chi connectivity index (χ4n) is 2.12. The SMILES string of the molecule is CN(CC1(O)CCOCC1)C(=O)c1cc(Cl)c[nH]1. The molecule has 1 aromatic rings. The van der Waals surface area contributed by atoms with Crippen LogP contribution in [0.1, 0.15) is 23.3 Å². The van der Waals surface area contributed by atoms with Gasteiger partial charge in [-0.05, 0) is 6.07 Å². The number of nitrogens with one attached hydrogen (secondary N) is 1. The molecule has 1 aliphatic rings. The standard InChI is InChI=1S/C12H17ClN2O3/c1-15(8-12(17)2-4-18-5-3-12)11(16)10-6-9(13)7-14-10/h6-7,14,17H,2-5,8H2,1H3. The van der Waals surface area contributed by atoms with Gasteiger partial charge in [-0.1, -0.05) is 11.6 Å². The van der Waals surface area contributed by atoms with Crippen molar-refractivity contribution in [3.63, 3.8) is 0 Å². The van der Waals surface area contributed by atoms with Crippen LogP contribution >= 0.6 is 11.6 Å². The lowest BCUT2D eigenvalue weighted by atomic mass is 9.94. The summed E-state index contributed by atoms with van der Waals surface area (Å²) in [5.41, 5.74) is -0.419. The lowest BCUT2D eigenvalue weighted by Crippen LogP contribution is -2.47. The van der Waals surface area contributed by atoms with E-state index in [2.05, 4.69) is 4.98 Å². The van der Waals surface area contributed by atoms with Crippen molar-refractivity contribution in [3.05, 3.63) is 23.0 Å².